The van der Waals surface area contributed by atoms with Gasteiger partial charge in [-0.15, -0.1) is 0 Å². The van der Waals surface area contributed by atoms with E-state index in [0.29, 0.717) is 0 Å². The van der Waals surface area contributed by atoms with Crippen molar-refractivity contribution in [3.05, 3.63) is 12.2 Å². The summed E-state index contributed by atoms with van der Waals surface area (Å²) in [6.07, 6.45) is -1.20. The highest BCUT2D eigenvalue weighted by molar-refractivity contribution is 5.88. The third-order valence-corrected chi connectivity index (χ3v) is 4.58. The fourth-order valence-electron chi connectivity index (χ4n) is 1.79. The van der Waals surface area contributed by atoms with Gasteiger partial charge < -0.3 is 19.9 Å². The molecule has 24 heavy (non-hydrogen) atoms. The van der Waals surface area contributed by atoms with Crippen LogP contribution in [0.1, 0.15) is 62.3 Å². The molecule has 1 amide bonds. The zero-order chi connectivity index (χ0) is 19.5. The molecular formula is C18H33NO5. The van der Waals surface area contributed by atoms with Gasteiger partial charge in [-0.05, 0) is 48.5 Å². The van der Waals surface area contributed by atoms with Crippen molar-refractivity contribution < 1.29 is 24.2 Å². The van der Waals surface area contributed by atoms with E-state index in [1.54, 1.807) is 34.6 Å². The zero-order valence-electron chi connectivity index (χ0n) is 16.4. The lowest BCUT2D eigenvalue weighted by atomic mass is 9.73. The summed E-state index contributed by atoms with van der Waals surface area (Å²) in [6, 6.07) is 0. The van der Waals surface area contributed by atoms with Crippen LogP contribution in [0.3, 0.4) is 0 Å². The molecule has 0 spiro atoms. The SMILES string of the molecule is C=C(C)C(=O)OC(C)NC(=O)C(C)(C)OC(C)C(C)(C)C(C)(C)O. The fourth-order valence-corrected chi connectivity index (χ4v) is 1.79. The first-order chi connectivity index (χ1) is 10.5. The topological polar surface area (TPSA) is 84.9 Å². The maximum absolute atomic E-state index is 12.4. The molecule has 140 valence electrons. The smallest absolute Gasteiger partial charge is 0.335 e. The molecule has 0 heterocycles. The van der Waals surface area contributed by atoms with Crippen LogP contribution in [0.25, 0.3) is 0 Å². The summed E-state index contributed by atoms with van der Waals surface area (Å²) >= 11 is 0. The molecule has 0 saturated heterocycles. The van der Waals surface area contributed by atoms with Gasteiger partial charge >= 0.3 is 5.97 Å². The molecule has 0 aromatic rings. The Kier molecular flexibility index (Phi) is 7.21. The summed E-state index contributed by atoms with van der Waals surface area (Å²) < 4.78 is 11.0. The van der Waals surface area contributed by atoms with Crippen molar-refractivity contribution in [3.8, 4) is 0 Å². The highest BCUT2D eigenvalue weighted by atomic mass is 16.6. The van der Waals surface area contributed by atoms with E-state index in [1.807, 2.05) is 20.8 Å². The lowest BCUT2D eigenvalue weighted by Gasteiger charge is -2.44. The summed E-state index contributed by atoms with van der Waals surface area (Å²) in [5, 5.41) is 12.9. The Morgan fingerprint density at radius 3 is 1.92 bits per heavy atom. The molecule has 0 aromatic heterocycles. The van der Waals surface area contributed by atoms with Crippen LogP contribution in [0.5, 0.6) is 0 Å². The third kappa shape index (κ3) is 5.91. The molecule has 0 aliphatic carbocycles. The maximum atomic E-state index is 12.4. The van der Waals surface area contributed by atoms with E-state index >= 15 is 0 Å². The van der Waals surface area contributed by atoms with Gasteiger partial charge in [0.05, 0.1) is 11.7 Å². The molecule has 0 fully saturated rings. The lowest BCUT2D eigenvalue weighted by molar-refractivity contribution is -0.180. The molecule has 2 atom stereocenters. The average Bonchev–Trinajstić information content (AvgIpc) is 2.35. The molecule has 0 radical (unpaired) electrons. The third-order valence-electron chi connectivity index (χ3n) is 4.58. The van der Waals surface area contributed by atoms with Gasteiger partial charge in [0.15, 0.2) is 6.23 Å². The van der Waals surface area contributed by atoms with Gasteiger partial charge in [0.25, 0.3) is 5.91 Å². The molecule has 6 nitrogen and oxygen atoms in total. The largest absolute Gasteiger partial charge is 0.439 e. The first kappa shape index (κ1) is 22.6. The van der Waals surface area contributed by atoms with Crippen molar-refractivity contribution in [2.24, 2.45) is 5.41 Å². The van der Waals surface area contributed by atoms with Crippen LogP contribution in [0.4, 0.5) is 0 Å². The normalized spacial score (nSPS) is 15.4. The van der Waals surface area contributed by atoms with Crippen molar-refractivity contribution in [2.45, 2.75) is 85.8 Å². The molecule has 2 N–H and O–H groups in total. The lowest BCUT2D eigenvalue weighted by Crippen LogP contribution is -2.54. The van der Waals surface area contributed by atoms with Gasteiger partial charge in [-0.1, -0.05) is 20.4 Å². The van der Waals surface area contributed by atoms with Crippen LogP contribution in [-0.2, 0) is 19.1 Å². The Bertz CT molecular complexity index is 488. The van der Waals surface area contributed by atoms with Crippen LogP contribution in [-0.4, -0.2) is 40.5 Å². The fraction of sp³-hybridized carbons (Fsp3) is 0.778. The summed E-state index contributed by atoms with van der Waals surface area (Å²) in [5.74, 6) is -0.985. The molecule has 2 unspecified atom stereocenters. The van der Waals surface area contributed by atoms with Crippen LogP contribution in [0, 0.1) is 5.41 Å². The van der Waals surface area contributed by atoms with Gasteiger partial charge in [0.2, 0.25) is 0 Å². The Morgan fingerprint density at radius 2 is 1.54 bits per heavy atom. The number of hydrogen-bond acceptors (Lipinski definition) is 5. The second-order valence-corrected chi connectivity index (χ2v) is 7.85. The number of esters is 1. The first-order valence-electron chi connectivity index (χ1n) is 8.10. The van der Waals surface area contributed by atoms with E-state index in [1.165, 1.54) is 6.92 Å². The number of amides is 1. The maximum Gasteiger partial charge on any atom is 0.335 e. The Morgan fingerprint density at radius 1 is 1.08 bits per heavy atom. The minimum atomic E-state index is -1.16. The molecule has 6 heteroatoms. The molecular weight excluding hydrogens is 310 g/mol. The van der Waals surface area contributed by atoms with Crippen LogP contribution < -0.4 is 5.32 Å². The minimum absolute atomic E-state index is 0.257. The molecule has 0 aliphatic heterocycles. The van der Waals surface area contributed by atoms with Crippen molar-refractivity contribution in [3.63, 3.8) is 0 Å². The van der Waals surface area contributed by atoms with Gasteiger partial charge in [0, 0.05) is 11.0 Å². The van der Waals surface area contributed by atoms with Crippen molar-refractivity contribution in [2.75, 3.05) is 0 Å². The van der Waals surface area contributed by atoms with Crippen molar-refractivity contribution in [1.82, 2.24) is 5.32 Å². The molecule has 0 rings (SSSR count). The average molecular weight is 343 g/mol. The molecule has 0 bridgehead atoms. The Hall–Kier alpha value is -1.40. The number of ether oxygens (including phenoxy) is 2. The van der Waals surface area contributed by atoms with E-state index in [4.69, 9.17) is 9.47 Å². The van der Waals surface area contributed by atoms with Crippen LogP contribution in [0.2, 0.25) is 0 Å². The van der Waals surface area contributed by atoms with Crippen LogP contribution in [0.15, 0.2) is 12.2 Å². The summed E-state index contributed by atoms with van der Waals surface area (Å²) in [4.78, 5) is 23.9. The molecule has 0 aliphatic rings. The van der Waals surface area contributed by atoms with Crippen LogP contribution >= 0.6 is 0 Å². The van der Waals surface area contributed by atoms with Crippen molar-refractivity contribution >= 4 is 11.9 Å². The second-order valence-electron chi connectivity index (χ2n) is 7.85. The monoisotopic (exact) mass is 343 g/mol. The van der Waals surface area contributed by atoms with E-state index in [2.05, 4.69) is 11.9 Å². The summed E-state index contributed by atoms with van der Waals surface area (Å²) in [7, 11) is 0. The predicted octanol–water partition coefficient (Wildman–Crippen LogP) is 2.55. The number of carbonyl (C=O) groups is 2. The Balaban J connectivity index is 4.91. The number of rotatable bonds is 8. The predicted molar refractivity (Wildman–Crippen MR) is 93.2 cm³/mol. The van der Waals surface area contributed by atoms with E-state index in [0.717, 1.165) is 0 Å². The summed E-state index contributed by atoms with van der Waals surface area (Å²) in [6.45, 7) is 18.8. The number of aliphatic hydroxyl groups is 1. The first-order valence-corrected chi connectivity index (χ1v) is 8.10. The van der Waals surface area contributed by atoms with E-state index in [-0.39, 0.29) is 5.57 Å². The summed E-state index contributed by atoms with van der Waals surface area (Å²) in [5.41, 5.74) is -2.47. The standard InChI is InChI=1S/C18H33NO5/c1-11(2)14(20)23-13(4)19-15(21)17(7,8)24-12(3)16(5,6)18(9,10)22/h12-13,22H,1H2,2-10H3,(H,19,21). The van der Waals surface area contributed by atoms with Gasteiger partial charge in [-0.3, -0.25) is 4.79 Å². The second kappa shape index (κ2) is 7.66. The van der Waals surface area contributed by atoms with Gasteiger partial charge in [-0.25, -0.2) is 4.79 Å². The molecule has 0 aromatic carbocycles. The van der Waals surface area contributed by atoms with Gasteiger partial charge in [-0.2, -0.15) is 0 Å². The number of hydrogen-bond donors (Lipinski definition) is 2. The highest BCUT2D eigenvalue weighted by Crippen LogP contribution is 2.37. The quantitative estimate of drug-likeness (QED) is 0.402. The number of nitrogens with one attached hydrogen (secondary N) is 1. The zero-order valence-corrected chi connectivity index (χ0v) is 16.4. The van der Waals surface area contributed by atoms with Crippen molar-refractivity contribution in [1.29, 1.82) is 0 Å². The Labute approximate surface area is 145 Å². The molecule has 0 saturated carbocycles. The highest BCUT2D eigenvalue weighted by Gasteiger charge is 2.44. The van der Waals surface area contributed by atoms with E-state index < -0.39 is 40.8 Å². The minimum Gasteiger partial charge on any atom is -0.439 e. The number of carbonyl (C=O) groups excluding carboxylic acids is 2. The van der Waals surface area contributed by atoms with E-state index in [9.17, 15) is 14.7 Å². The van der Waals surface area contributed by atoms with Gasteiger partial charge in [0.1, 0.15) is 5.60 Å².